The molecule has 0 nitrogen and oxygen atoms in total. The molecule has 32 heavy (non-hydrogen) atoms. The Bertz CT molecular complexity index is 2260. The lowest BCUT2D eigenvalue weighted by atomic mass is 10.0. The number of rotatable bonds is 5. The number of hydrogen-bond donors (Lipinski definition) is 0. The smallest absolute Gasteiger partial charge is 0.0623 e. The minimum atomic E-state index is -6.16. The Balaban J connectivity index is 2.47. The van der Waals surface area contributed by atoms with Crippen molar-refractivity contribution in [2.75, 3.05) is 0 Å². The summed E-state index contributed by atoms with van der Waals surface area (Å²) in [5.74, 6) is 0. The number of hydrogen-bond acceptors (Lipinski definition) is 0. The second kappa shape index (κ2) is 8.82. The molecule has 0 aliphatic rings. The standard InChI is InChI=1S/C31H26Si/c1-25-14-13-15-26(24-25)30-22-11-12-23-31(30)32(27-16-5-2-6-17-27,28-18-7-3-8-19-28)29-20-9-4-10-21-29/h2-24H,1H3/i2D,3D,4D,5D,6D,7D,8D,9D,10D,11D,12D,13D,14D,15D,16D,17D,18D,19D,20D,21D,22D,23D,24D. The van der Waals surface area contributed by atoms with Crippen molar-refractivity contribution in [3.05, 3.63) is 145 Å². The van der Waals surface area contributed by atoms with E-state index in [4.69, 9.17) is 20.6 Å². The molecule has 0 atom stereocenters. The molecule has 0 bridgehead atoms. The van der Waals surface area contributed by atoms with Crippen LogP contribution in [-0.4, -0.2) is 8.07 Å². The first-order valence-corrected chi connectivity index (χ1v) is 11.2. The van der Waals surface area contributed by atoms with Crippen molar-refractivity contribution in [3.63, 3.8) is 0 Å². The van der Waals surface area contributed by atoms with Gasteiger partial charge in [-0.15, -0.1) is 0 Å². The Morgan fingerprint density at radius 3 is 1.50 bits per heavy atom. The number of benzene rings is 5. The van der Waals surface area contributed by atoms with E-state index in [0.29, 0.717) is 0 Å². The van der Waals surface area contributed by atoms with E-state index < -0.39 is 179 Å². The highest BCUT2D eigenvalue weighted by Crippen LogP contribution is 2.22. The van der Waals surface area contributed by atoms with Gasteiger partial charge in [-0.3, -0.25) is 0 Å². The fourth-order valence-electron chi connectivity index (χ4n) is 3.41. The highest BCUT2D eigenvalue weighted by Gasteiger charge is 2.42. The molecule has 0 heterocycles. The van der Waals surface area contributed by atoms with E-state index >= 15 is 0 Å². The molecule has 0 saturated carbocycles. The third-order valence-electron chi connectivity index (χ3n) is 4.69. The van der Waals surface area contributed by atoms with Crippen molar-refractivity contribution in [2.45, 2.75) is 6.92 Å². The first kappa shape index (κ1) is 6.91. The van der Waals surface area contributed by atoms with Crippen molar-refractivity contribution >= 4 is 28.8 Å². The molecule has 0 amide bonds. The van der Waals surface area contributed by atoms with E-state index in [-0.39, 0.29) is 5.56 Å². The minimum Gasteiger partial charge on any atom is -0.0623 e. The lowest BCUT2D eigenvalue weighted by Crippen LogP contribution is -2.75. The van der Waals surface area contributed by atoms with Crippen LogP contribution in [0.2, 0.25) is 0 Å². The van der Waals surface area contributed by atoms with Crippen molar-refractivity contribution < 1.29 is 31.5 Å². The molecule has 0 N–H and O–H groups in total. The van der Waals surface area contributed by atoms with Crippen LogP contribution in [0.25, 0.3) is 11.1 Å². The maximum Gasteiger partial charge on any atom is 0.180 e. The first-order valence-electron chi connectivity index (χ1n) is 20.8. The zero-order valence-electron chi connectivity index (χ0n) is 39.5. The molecule has 5 rings (SSSR count). The second-order valence-corrected chi connectivity index (χ2v) is 10.0. The first-order chi connectivity index (χ1) is 25.3. The average Bonchev–Trinajstić information content (AvgIpc) is 3.15. The predicted molar refractivity (Wildman–Crippen MR) is 140 cm³/mol. The topological polar surface area (TPSA) is 0 Å². The summed E-state index contributed by atoms with van der Waals surface area (Å²) in [6.45, 7) is 1.20. The van der Waals surface area contributed by atoms with Crippen LogP contribution >= 0.6 is 0 Å². The van der Waals surface area contributed by atoms with Gasteiger partial charge in [-0.05, 0) is 38.8 Å². The molecule has 0 saturated heterocycles. The SMILES string of the molecule is [2H]c1c([2H])c([2H])c([Si](c2c([2H])c([2H])c([2H])c([2H])c2[2H])(c2c([2H])c([2H])c([2H])c([2H])c2[2H])c2c([2H])c([2H])c([2H])c([2H])c2-c2c([2H])c([2H])c([2H])c(C)c2[2H])c([2H])c1[2H]. The molecule has 0 unspecified atom stereocenters. The van der Waals surface area contributed by atoms with Crippen LogP contribution in [0.4, 0.5) is 0 Å². The summed E-state index contributed by atoms with van der Waals surface area (Å²) in [7, 11) is -6.16. The zero-order valence-corrected chi connectivity index (χ0v) is 17.5. The van der Waals surface area contributed by atoms with Crippen molar-refractivity contribution in [1.82, 2.24) is 0 Å². The molecular formula is C31H26Si. The van der Waals surface area contributed by atoms with E-state index in [2.05, 4.69) is 0 Å². The van der Waals surface area contributed by atoms with Gasteiger partial charge in [0.1, 0.15) is 0 Å². The minimum absolute atomic E-state index is 0.282. The Labute approximate surface area is 224 Å². The molecule has 0 aromatic heterocycles. The van der Waals surface area contributed by atoms with Crippen molar-refractivity contribution in [1.29, 1.82) is 0 Å². The van der Waals surface area contributed by atoms with Gasteiger partial charge in [-0.1, -0.05) is 145 Å². The fourth-order valence-corrected chi connectivity index (χ4v) is 7.22. The Morgan fingerprint density at radius 1 is 0.500 bits per heavy atom. The molecule has 5 aromatic carbocycles. The predicted octanol–water partition coefficient (Wildman–Crippen LogP) is 5.04. The summed E-state index contributed by atoms with van der Waals surface area (Å²) in [5, 5.41) is -4.13. The van der Waals surface area contributed by atoms with Gasteiger partial charge in [0.2, 0.25) is 0 Å². The summed E-state index contributed by atoms with van der Waals surface area (Å²) < 4.78 is 203. The maximum absolute atomic E-state index is 9.47. The Morgan fingerprint density at radius 2 is 0.969 bits per heavy atom. The maximum atomic E-state index is 9.47. The quantitative estimate of drug-likeness (QED) is 0.260. The van der Waals surface area contributed by atoms with Crippen LogP contribution in [0.15, 0.2) is 139 Å². The third-order valence-corrected chi connectivity index (χ3v) is 8.81. The van der Waals surface area contributed by atoms with E-state index in [1.165, 1.54) is 6.92 Å². The monoisotopic (exact) mass is 449 g/mol. The normalized spacial score (nSPS) is 21.3. The molecule has 5 aromatic rings. The molecule has 0 aliphatic heterocycles. The van der Waals surface area contributed by atoms with Crippen molar-refractivity contribution in [2.24, 2.45) is 0 Å². The summed E-state index contributed by atoms with van der Waals surface area (Å²) in [5.41, 5.74) is -1.99. The van der Waals surface area contributed by atoms with Gasteiger partial charge in [0.05, 0.1) is 31.5 Å². The summed E-state index contributed by atoms with van der Waals surface area (Å²) >= 11 is 0. The summed E-state index contributed by atoms with van der Waals surface area (Å²) in [4.78, 5) is 0. The Kier molecular flexibility index (Phi) is 1.90. The van der Waals surface area contributed by atoms with E-state index in [9.17, 15) is 11.0 Å². The van der Waals surface area contributed by atoms with Gasteiger partial charge in [0, 0.05) is 0 Å². The highest BCUT2D eigenvalue weighted by molar-refractivity contribution is 7.20. The molecule has 1 heteroatoms. The lowest BCUT2D eigenvalue weighted by molar-refractivity contribution is 1.47. The van der Waals surface area contributed by atoms with Crippen molar-refractivity contribution in [3.8, 4) is 11.1 Å². The van der Waals surface area contributed by atoms with E-state index in [0.717, 1.165) is 0 Å². The van der Waals surface area contributed by atoms with Gasteiger partial charge in [0.15, 0.2) is 8.07 Å². The molecule has 154 valence electrons. The Hall–Kier alpha value is -3.68. The second-order valence-electron chi connectivity index (χ2n) is 6.50. The van der Waals surface area contributed by atoms with Crippen LogP contribution in [0, 0.1) is 6.92 Å². The van der Waals surface area contributed by atoms with E-state index in [1.54, 1.807) is 0 Å². The highest BCUT2D eigenvalue weighted by atomic mass is 28.3. The van der Waals surface area contributed by atoms with Gasteiger partial charge in [-0.25, -0.2) is 0 Å². The summed E-state index contributed by atoms with van der Waals surface area (Å²) in [6, 6.07) is -24.5. The van der Waals surface area contributed by atoms with Gasteiger partial charge in [0.25, 0.3) is 0 Å². The largest absolute Gasteiger partial charge is 0.180 e. The molecule has 0 fully saturated rings. The summed E-state index contributed by atoms with van der Waals surface area (Å²) in [6.07, 6.45) is 0. The average molecular weight is 450 g/mol. The van der Waals surface area contributed by atoms with Gasteiger partial charge >= 0.3 is 0 Å². The van der Waals surface area contributed by atoms with Gasteiger partial charge in [-0.2, -0.15) is 0 Å². The van der Waals surface area contributed by atoms with Crippen LogP contribution in [0.1, 0.15) is 37.1 Å². The van der Waals surface area contributed by atoms with Gasteiger partial charge < -0.3 is 0 Å². The van der Waals surface area contributed by atoms with Crippen LogP contribution in [0.3, 0.4) is 0 Å². The molecular weight excluding hydrogens is 400 g/mol. The van der Waals surface area contributed by atoms with Crippen LogP contribution in [0.5, 0.6) is 0 Å². The van der Waals surface area contributed by atoms with Crippen LogP contribution in [-0.2, 0) is 0 Å². The molecule has 0 radical (unpaired) electrons. The lowest BCUT2D eigenvalue weighted by Gasteiger charge is -2.36. The molecule has 0 aliphatic carbocycles. The zero-order chi connectivity index (χ0) is 41.8. The molecule has 0 spiro atoms. The van der Waals surface area contributed by atoms with E-state index in [1.807, 2.05) is 0 Å². The fraction of sp³-hybridized carbons (Fsp3) is 0.0323. The third kappa shape index (κ3) is 3.51. The van der Waals surface area contributed by atoms with Crippen LogP contribution < -0.4 is 20.7 Å².